The van der Waals surface area contributed by atoms with E-state index < -0.39 is 0 Å². The van der Waals surface area contributed by atoms with E-state index in [-0.39, 0.29) is 0 Å². The monoisotopic (exact) mass is 134 g/mol. The van der Waals surface area contributed by atoms with Gasteiger partial charge in [-0.15, -0.1) is 0 Å². The average Bonchev–Trinajstić information content (AvgIpc) is 1.88. The Bertz CT molecular complexity index is 109. The highest BCUT2D eigenvalue weighted by atomic mass is 14.0. The largest absolute Gasteiger partial charge is 0.0623 e. The van der Waals surface area contributed by atoms with Gasteiger partial charge in [0.15, 0.2) is 0 Å². The lowest BCUT2D eigenvalue weighted by atomic mass is 10.0. The highest BCUT2D eigenvalue weighted by Crippen LogP contribution is 2.15. The van der Waals surface area contributed by atoms with E-state index in [0.29, 0.717) is 0 Å². The molecule has 1 aliphatic carbocycles. The van der Waals surface area contributed by atoms with Gasteiger partial charge >= 0.3 is 0 Å². The number of hydrogen-bond acceptors (Lipinski definition) is 0. The van der Waals surface area contributed by atoms with Crippen LogP contribution in [0.2, 0.25) is 0 Å². The van der Waals surface area contributed by atoms with Crippen molar-refractivity contribution in [3.05, 3.63) is 36.4 Å². The molecule has 0 N–H and O–H groups in total. The molecule has 0 heteroatoms. The van der Waals surface area contributed by atoms with Crippen molar-refractivity contribution in [2.45, 2.75) is 25.7 Å². The molecule has 1 aromatic rings. The van der Waals surface area contributed by atoms with E-state index in [0.717, 1.165) is 0 Å². The molecule has 0 aromatic heterocycles. The summed E-state index contributed by atoms with van der Waals surface area (Å²) in [5.74, 6) is 0. The molecule has 1 saturated carbocycles. The van der Waals surface area contributed by atoms with Crippen molar-refractivity contribution in [3.63, 3.8) is 0 Å². The minimum Gasteiger partial charge on any atom is -0.0623 e. The Balaban J connectivity index is 0.000000108. The minimum atomic E-state index is 1.50. The summed E-state index contributed by atoms with van der Waals surface area (Å²) in [6, 6.07) is 12.0. The molecule has 0 heterocycles. The summed E-state index contributed by atoms with van der Waals surface area (Å²) in [6.45, 7) is 0. The summed E-state index contributed by atoms with van der Waals surface area (Å²) in [6.07, 6.45) is 6.00. The zero-order valence-electron chi connectivity index (χ0n) is 6.29. The Labute approximate surface area is 62.9 Å². The van der Waals surface area contributed by atoms with Gasteiger partial charge in [-0.3, -0.25) is 0 Å². The molecule has 1 fully saturated rings. The maximum absolute atomic E-state index is 2.00. The van der Waals surface area contributed by atoms with Gasteiger partial charge in [-0.1, -0.05) is 62.1 Å². The minimum absolute atomic E-state index is 1.50. The second-order valence-corrected chi connectivity index (χ2v) is 2.57. The van der Waals surface area contributed by atoms with Crippen molar-refractivity contribution in [2.75, 3.05) is 0 Å². The second-order valence-electron chi connectivity index (χ2n) is 2.57. The summed E-state index contributed by atoms with van der Waals surface area (Å²) in [5, 5.41) is 0. The van der Waals surface area contributed by atoms with E-state index in [9.17, 15) is 0 Å². The van der Waals surface area contributed by atoms with Crippen LogP contribution in [0.3, 0.4) is 0 Å². The first-order valence-electron chi connectivity index (χ1n) is 4.00. The molecular formula is C10H14. The van der Waals surface area contributed by atoms with E-state index in [1.165, 1.54) is 25.7 Å². The molecule has 0 radical (unpaired) electrons. The third kappa shape index (κ3) is 3.29. The van der Waals surface area contributed by atoms with Crippen LogP contribution in [-0.4, -0.2) is 0 Å². The van der Waals surface area contributed by atoms with Crippen molar-refractivity contribution >= 4 is 0 Å². The molecule has 0 unspecified atom stereocenters. The maximum Gasteiger partial charge on any atom is -0.0533 e. The van der Waals surface area contributed by atoms with E-state index in [2.05, 4.69) is 0 Å². The highest BCUT2D eigenvalue weighted by Gasteiger charge is 1.95. The van der Waals surface area contributed by atoms with Crippen LogP contribution in [0.4, 0.5) is 0 Å². The lowest BCUT2D eigenvalue weighted by Gasteiger charge is -2.05. The van der Waals surface area contributed by atoms with Crippen LogP contribution >= 0.6 is 0 Å². The van der Waals surface area contributed by atoms with Gasteiger partial charge < -0.3 is 0 Å². The molecule has 0 spiro atoms. The predicted octanol–water partition coefficient (Wildman–Crippen LogP) is 3.25. The van der Waals surface area contributed by atoms with Crippen molar-refractivity contribution in [1.29, 1.82) is 0 Å². The first kappa shape index (κ1) is 7.33. The quantitative estimate of drug-likeness (QED) is 0.511. The smallest absolute Gasteiger partial charge is 0.0533 e. The Hall–Kier alpha value is -0.780. The molecule has 1 aliphatic rings. The van der Waals surface area contributed by atoms with Crippen LogP contribution in [0.1, 0.15) is 25.7 Å². The van der Waals surface area contributed by atoms with Crippen LogP contribution in [0.25, 0.3) is 0 Å². The lowest BCUT2D eigenvalue weighted by molar-refractivity contribution is 0.504. The van der Waals surface area contributed by atoms with Gasteiger partial charge in [0.2, 0.25) is 0 Å². The van der Waals surface area contributed by atoms with Crippen molar-refractivity contribution in [2.24, 2.45) is 0 Å². The molecule has 54 valence electrons. The predicted molar refractivity (Wildman–Crippen MR) is 44.9 cm³/mol. The Morgan fingerprint density at radius 3 is 0.700 bits per heavy atom. The van der Waals surface area contributed by atoms with Crippen LogP contribution in [-0.2, 0) is 0 Å². The summed E-state index contributed by atoms with van der Waals surface area (Å²) >= 11 is 0. The van der Waals surface area contributed by atoms with E-state index >= 15 is 0 Å². The fourth-order valence-electron chi connectivity index (χ4n) is 0.635. The van der Waals surface area contributed by atoms with Gasteiger partial charge in [0, 0.05) is 0 Å². The third-order valence-corrected chi connectivity index (χ3v) is 1.67. The van der Waals surface area contributed by atoms with Gasteiger partial charge in [-0.05, 0) is 0 Å². The van der Waals surface area contributed by atoms with E-state index in [1.54, 1.807) is 0 Å². The van der Waals surface area contributed by atoms with Crippen LogP contribution in [0, 0.1) is 0 Å². The highest BCUT2D eigenvalue weighted by molar-refractivity contribution is 4.99. The number of benzene rings is 1. The van der Waals surface area contributed by atoms with E-state index in [4.69, 9.17) is 0 Å². The number of rotatable bonds is 0. The van der Waals surface area contributed by atoms with Gasteiger partial charge in [0.25, 0.3) is 0 Å². The van der Waals surface area contributed by atoms with Gasteiger partial charge in [-0.2, -0.15) is 0 Å². The fourth-order valence-corrected chi connectivity index (χ4v) is 0.635. The van der Waals surface area contributed by atoms with E-state index in [1.807, 2.05) is 36.4 Å². The fraction of sp³-hybridized carbons (Fsp3) is 0.400. The Morgan fingerprint density at radius 1 is 0.400 bits per heavy atom. The molecule has 0 aliphatic heterocycles. The zero-order valence-corrected chi connectivity index (χ0v) is 6.29. The van der Waals surface area contributed by atoms with Crippen LogP contribution < -0.4 is 0 Å². The van der Waals surface area contributed by atoms with Gasteiger partial charge in [-0.25, -0.2) is 0 Å². The third-order valence-electron chi connectivity index (χ3n) is 1.67. The molecule has 1 aromatic carbocycles. The molecule has 10 heavy (non-hydrogen) atoms. The van der Waals surface area contributed by atoms with Crippen LogP contribution in [0.15, 0.2) is 36.4 Å². The summed E-state index contributed by atoms with van der Waals surface area (Å²) < 4.78 is 0. The van der Waals surface area contributed by atoms with Crippen molar-refractivity contribution < 1.29 is 0 Å². The Morgan fingerprint density at radius 2 is 0.600 bits per heavy atom. The van der Waals surface area contributed by atoms with Gasteiger partial charge in [0.1, 0.15) is 0 Å². The SMILES string of the molecule is C1CCC1.c1ccccc1. The summed E-state index contributed by atoms with van der Waals surface area (Å²) in [7, 11) is 0. The molecule has 0 saturated heterocycles. The first-order valence-corrected chi connectivity index (χ1v) is 4.00. The molecule has 2 rings (SSSR count). The number of hydrogen-bond donors (Lipinski definition) is 0. The van der Waals surface area contributed by atoms with Crippen molar-refractivity contribution in [3.8, 4) is 0 Å². The van der Waals surface area contributed by atoms with Gasteiger partial charge in [0.05, 0.1) is 0 Å². The topological polar surface area (TPSA) is 0 Å². The molecule has 0 bridgehead atoms. The molecule has 0 amide bonds. The average molecular weight is 134 g/mol. The summed E-state index contributed by atoms with van der Waals surface area (Å²) in [4.78, 5) is 0. The first-order chi connectivity index (χ1) is 5.00. The summed E-state index contributed by atoms with van der Waals surface area (Å²) in [5.41, 5.74) is 0. The Kier molecular flexibility index (Phi) is 3.69. The lowest BCUT2D eigenvalue weighted by Crippen LogP contribution is -1.85. The zero-order chi connectivity index (χ0) is 7.07. The van der Waals surface area contributed by atoms with Crippen molar-refractivity contribution in [1.82, 2.24) is 0 Å². The molecular weight excluding hydrogens is 120 g/mol. The standard InChI is InChI=1S/C6H6.C4H8/c1-2-4-6-5-3-1;1-2-4-3-1/h1-6H;1-4H2. The maximum atomic E-state index is 2.00. The normalized spacial score (nSPS) is 14.4. The van der Waals surface area contributed by atoms with Crippen LogP contribution in [0.5, 0.6) is 0 Å². The molecule has 0 atom stereocenters. The second kappa shape index (κ2) is 5.04. The molecule has 0 nitrogen and oxygen atoms in total.